The molecule has 1 aliphatic heterocycles. The van der Waals surface area contributed by atoms with Crippen LogP contribution < -0.4 is 10.2 Å². The van der Waals surface area contributed by atoms with Gasteiger partial charge >= 0.3 is 4.87 Å². The van der Waals surface area contributed by atoms with E-state index in [9.17, 15) is 14.0 Å². The number of benzene rings is 2. The summed E-state index contributed by atoms with van der Waals surface area (Å²) < 4.78 is 14.8. The van der Waals surface area contributed by atoms with Gasteiger partial charge in [-0.25, -0.2) is 4.39 Å². The molecular weight excluding hydrogens is 479 g/mol. The van der Waals surface area contributed by atoms with Crippen LogP contribution in [-0.4, -0.2) is 15.7 Å². The molecule has 0 saturated heterocycles. The van der Waals surface area contributed by atoms with Crippen LogP contribution in [0.25, 0.3) is 0 Å². The first-order valence-corrected chi connectivity index (χ1v) is 13.3. The number of anilines is 1. The van der Waals surface area contributed by atoms with Gasteiger partial charge in [0.05, 0.1) is 5.03 Å². The van der Waals surface area contributed by atoms with E-state index in [2.05, 4.69) is 17.4 Å². The van der Waals surface area contributed by atoms with Crippen LogP contribution in [0.3, 0.4) is 0 Å². The van der Waals surface area contributed by atoms with Crippen molar-refractivity contribution in [2.45, 2.75) is 42.0 Å². The maximum Gasteiger partial charge on any atom is 0.308 e. The number of hydrogen-bond donors (Lipinski definition) is 1. The van der Waals surface area contributed by atoms with Gasteiger partial charge in [-0.05, 0) is 79.0 Å². The molecule has 8 heteroatoms. The average Bonchev–Trinajstić information content (AvgIpc) is 3.49. The number of carbonyl (C=O) groups excluding carboxylic acids is 1. The van der Waals surface area contributed by atoms with Crippen LogP contribution in [0.2, 0.25) is 5.02 Å². The number of carbonyl (C=O) groups is 1. The molecule has 33 heavy (non-hydrogen) atoms. The molecule has 4 unspecified atom stereocenters. The summed E-state index contributed by atoms with van der Waals surface area (Å²) in [5.74, 6) is 1.39. The smallest absolute Gasteiger partial charge is 0.308 e. The molecule has 2 aromatic carbocycles. The molecule has 6 rings (SSSR count). The van der Waals surface area contributed by atoms with Gasteiger partial charge in [-0.2, -0.15) is 0 Å². The fourth-order valence-electron chi connectivity index (χ4n) is 6.01. The molecule has 2 saturated carbocycles. The largest absolute Gasteiger partial charge is 0.325 e. The van der Waals surface area contributed by atoms with Gasteiger partial charge in [0, 0.05) is 26.8 Å². The minimum absolute atomic E-state index is 0.0478. The second-order valence-corrected chi connectivity index (χ2v) is 11.8. The summed E-state index contributed by atoms with van der Waals surface area (Å²) in [6.45, 7) is -0.0478. The highest BCUT2D eigenvalue weighted by Crippen LogP contribution is 2.64. The SMILES string of the molecule is O=C(Cn1c2c(sc1=O)[C@H](c1ccc(Cl)cc1)C1C3CCC(C3)C1S2)Nc1ccc(F)cc1. The van der Waals surface area contributed by atoms with Crippen LogP contribution >= 0.6 is 34.7 Å². The lowest BCUT2D eigenvalue weighted by Crippen LogP contribution is -2.34. The molecule has 1 aromatic heterocycles. The number of amides is 1. The van der Waals surface area contributed by atoms with Crippen molar-refractivity contribution in [2.24, 2.45) is 17.8 Å². The van der Waals surface area contributed by atoms with Gasteiger partial charge in [-0.1, -0.05) is 35.1 Å². The van der Waals surface area contributed by atoms with Crippen LogP contribution in [-0.2, 0) is 11.3 Å². The Kier molecular flexibility index (Phi) is 5.39. The zero-order valence-electron chi connectivity index (χ0n) is 17.7. The van der Waals surface area contributed by atoms with E-state index in [1.54, 1.807) is 4.57 Å². The van der Waals surface area contributed by atoms with Crippen LogP contribution in [0.4, 0.5) is 10.1 Å². The zero-order valence-corrected chi connectivity index (χ0v) is 20.1. The van der Waals surface area contributed by atoms with Crippen molar-refractivity contribution >= 4 is 46.3 Å². The third kappa shape index (κ3) is 3.74. The molecule has 0 spiro atoms. The van der Waals surface area contributed by atoms with E-state index in [1.165, 1.54) is 60.4 Å². The van der Waals surface area contributed by atoms with Gasteiger partial charge in [0.15, 0.2) is 0 Å². The topological polar surface area (TPSA) is 51.1 Å². The van der Waals surface area contributed by atoms with Crippen LogP contribution in [0.1, 0.15) is 35.6 Å². The first kappa shape index (κ1) is 21.4. The Bertz CT molecular complexity index is 1270. The van der Waals surface area contributed by atoms with Crippen molar-refractivity contribution in [3.63, 3.8) is 0 Å². The third-order valence-electron chi connectivity index (χ3n) is 7.35. The molecule has 170 valence electrons. The van der Waals surface area contributed by atoms with Crippen molar-refractivity contribution in [3.05, 3.63) is 79.5 Å². The number of rotatable bonds is 4. The van der Waals surface area contributed by atoms with E-state index in [0.29, 0.717) is 33.7 Å². The molecule has 4 nitrogen and oxygen atoms in total. The zero-order chi connectivity index (χ0) is 22.7. The predicted octanol–water partition coefficient (Wildman–Crippen LogP) is 5.99. The summed E-state index contributed by atoms with van der Waals surface area (Å²) in [5.41, 5.74) is 1.71. The number of halogens is 2. The van der Waals surface area contributed by atoms with Crippen LogP contribution in [0.5, 0.6) is 0 Å². The molecular formula is C25H22ClFN2O2S2. The Labute approximate surface area is 204 Å². The van der Waals surface area contributed by atoms with Crippen molar-refractivity contribution in [3.8, 4) is 0 Å². The van der Waals surface area contributed by atoms with Gasteiger partial charge in [0.2, 0.25) is 5.91 Å². The molecule has 0 radical (unpaired) electrons. The molecule has 5 atom stereocenters. The van der Waals surface area contributed by atoms with E-state index in [-0.39, 0.29) is 29.1 Å². The van der Waals surface area contributed by atoms with Crippen molar-refractivity contribution in [2.75, 3.05) is 5.32 Å². The molecule has 2 bridgehead atoms. The third-order valence-corrected chi connectivity index (χ3v) is 10.4. The number of nitrogens with one attached hydrogen (secondary N) is 1. The van der Waals surface area contributed by atoms with Crippen molar-refractivity contribution in [1.82, 2.24) is 4.57 Å². The lowest BCUT2D eigenvalue weighted by Gasteiger charge is -2.40. The molecule has 1 N–H and O–H groups in total. The number of aromatic nitrogens is 1. The Morgan fingerprint density at radius 2 is 1.82 bits per heavy atom. The molecule has 1 amide bonds. The number of hydrogen-bond acceptors (Lipinski definition) is 4. The average molecular weight is 501 g/mol. The van der Waals surface area contributed by atoms with Crippen LogP contribution in [0, 0.1) is 23.6 Å². The molecule has 3 aliphatic rings. The lowest BCUT2D eigenvalue weighted by atomic mass is 9.75. The Morgan fingerprint density at radius 3 is 2.58 bits per heavy atom. The summed E-state index contributed by atoms with van der Waals surface area (Å²) in [5, 5.41) is 4.89. The monoisotopic (exact) mass is 500 g/mol. The van der Waals surface area contributed by atoms with Gasteiger partial charge in [-0.15, -0.1) is 11.8 Å². The Balaban J connectivity index is 1.36. The first-order chi connectivity index (χ1) is 16.0. The standard InChI is InChI=1S/C25H22ClFN2O2S2/c26-16-5-3-13(4-6-16)20-21-14-1-2-15(11-14)22(21)32-24-23(20)33-25(31)29(24)12-19(30)28-18-9-7-17(27)8-10-18/h3-10,14-15,20-22H,1-2,11-12H2,(H,28,30)/t14?,15?,20-,21?,22?/m1/s1. The Hall–Kier alpha value is -2.09. The minimum atomic E-state index is -0.360. The maximum absolute atomic E-state index is 13.2. The fourth-order valence-corrected chi connectivity index (χ4v) is 9.28. The maximum atomic E-state index is 13.2. The van der Waals surface area contributed by atoms with Crippen LogP contribution in [0.15, 0.2) is 58.4 Å². The summed E-state index contributed by atoms with van der Waals surface area (Å²) in [7, 11) is 0. The van der Waals surface area contributed by atoms with E-state index in [0.717, 1.165) is 9.90 Å². The van der Waals surface area contributed by atoms with E-state index >= 15 is 0 Å². The van der Waals surface area contributed by atoms with E-state index in [4.69, 9.17) is 11.6 Å². The van der Waals surface area contributed by atoms with E-state index < -0.39 is 0 Å². The molecule has 2 fully saturated rings. The number of thiazole rings is 1. The molecule has 2 aliphatic carbocycles. The quantitative estimate of drug-likeness (QED) is 0.478. The first-order valence-electron chi connectivity index (χ1n) is 11.2. The Morgan fingerprint density at radius 1 is 1.09 bits per heavy atom. The highest BCUT2D eigenvalue weighted by Gasteiger charge is 2.55. The lowest BCUT2D eigenvalue weighted by molar-refractivity contribution is -0.116. The predicted molar refractivity (Wildman–Crippen MR) is 131 cm³/mol. The second kappa shape index (κ2) is 8.29. The van der Waals surface area contributed by atoms with Crippen molar-refractivity contribution < 1.29 is 9.18 Å². The van der Waals surface area contributed by atoms with Crippen molar-refractivity contribution in [1.29, 1.82) is 0 Å². The van der Waals surface area contributed by atoms with Gasteiger partial charge in [0.25, 0.3) is 0 Å². The minimum Gasteiger partial charge on any atom is -0.325 e. The number of fused-ring (bicyclic) bond motifs is 6. The molecule has 2 heterocycles. The highest BCUT2D eigenvalue weighted by atomic mass is 35.5. The number of thioether (sulfide) groups is 1. The van der Waals surface area contributed by atoms with Gasteiger partial charge in [0.1, 0.15) is 12.4 Å². The highest BCUT2D eigenvalue weighted by molar-refractivity contribution is 8.00. The number of nitrogens with zero attached hydrogens (tertiary/aromatic N) is 1. The van der Waals surface area contributed by atoms with Gasteiger partial charge < -0.3 is 5.32 Å². The fraction of sp³-hybridized carbons (Fsp3) is 0.360. The second-order valence-electron chi connectivity index (χ2n) is 9.20. The summed E-state index contributed by atoms with van der Waals surface area (Å²) >= 11 is 9.25. The summed E-state index contributed by atoms with van der Waals surface area (Å²) in [6, 6.07) is 13.7. The van der Waals surface area contributed by atoms with E-state index in [1.807, 2.05) is 23.9 Å². The summed E-state index contributed by atoms with van der Waals surface area (Å²) in [6.07, 6.45) is 3.78. The molecule has 3 aromatic rings. The normalized spacial score (nSPS) is 27.3. The summed E-state index contributed by atoms with van der Waals surface area (Å²) in [4.78, 5) is 26.8. The van der Waals surface area contributed by atoms with Gasteiger partial charge in [-0.3, -0.25) is 14.2 Å².